The maximum absolute atomic E-state index is 12.0. The van der Waals surface area contributed by atoms with Gasteiger partial charge in [0.25, 0.3) is 0 Å². The summed E-state index contributed by atoms with van der Waals surface area (Å²) in [5.41, 5.74) is 0.394. The van der Waals surface area contributed by atoms with Crippen LogP contribution in [0.15, 0.2) is 24.3 Å². The number of benzene rings is 1. The van der Waals surface area contributed by atoms with Crippen molar-refractivity contribution in [2.75, 3.05) is 20.3 Å². The standard InChI is InChI=1S/C17H22O6/c1-12(22-11-15-5-3-4-10-21-15)16(18)23-14-8-6-13(7-9-14)17(19)20-2/h6-9,12,15H,3-5,10-11H2,1-2H3. The average molecular weight is 322 g/mol. The third-order valence-corrected chi connectivity index (χ3v) is 3.63. The lowest BCUT2D eigenvalue weighted by molar-refractivity contribution is -0.149. The van der Waals surface area contributed by atoms with Gasteiger partial charge in [-0.05, 0) is 50.5 Å². The minimum Gasteiger partial charge on any atom is -0.465 e. The summed E-state index contributed by atoms with van der Waals surface area (Å²) in [5, 5.41) is 0. The van der Waals surface area contributed by atoms with Crippen LogP contribution >= 0.6 is 0 Å². The Balaban J connectivity index is 1.79. The van der Waals surface area contributed by atoms with Crippen LogP contribution in [0.25, 0.3) is 0 Å². The molecule has 1 aliphatic rings. The Labute approximate surface area is 135 Å². The van der Waals surface area contributed by atoms with Crippen LogP contribution in [0.4, 0.5) is 0 Å². The summed E-state index contributed by atoms with van der Waals surface area (Å²) in [7, 11) is 1.31. The van der Waals surface area contributed by atoms with Crippen LogP contribution in [-0.2, 0) is 19.0 Å². The van der Waals surface area contributed by atoms with Crippen molar-refractivity contribution in [1.29, 1.82) is 0 Å². The lowest BCUT2D eigenvalue weighted by Gasteiger charge is -2.23. The monoisotopic (exact) mass is 322 g/mol. The molecule has 2 unspecified atom stereocenters. The summed E-state index contributed by atoms with van der Waals surface area (Å²) in [6.45, 7) is 2.78. The first-order valence-corrected chi connectivity index (χ1v) is 7.73. The first kappa shape index (κ1) is 17.4. The molecule has 6 heteroatoms. The van der Waals surface area contributed by atoms with Crippen LogP contribution < -0.4 is 4.74 Å². The normalized spacial score (nSPS) is 19.0. The SMILES string of the molecule is COC(=O)c1ccc(OC(=O)C(C)OCC2CCCCO2)cc1. The quantitative estimate of drug-likeness (QED) is 0.591. The topological polar surface area (TPSA) is 71.1 Å². The summed E-state index contributed by atoms with van der Waals surface area (Å²) in [6, 6.07) is 6.16. The maximum Gasteiger partial charge on any atom is 0.340 e. The molecule has 0 N–H and O–H groups in total. The summed E-state index contributed by atoms with van der Waals surface area (Å²) in [6.07, 6.45) is 2.53. The van der Waals surface area contributed by atoms with Crippen LogP contribution in [0.2, 0.25) is 0 Å². The molecule has 0 aliphatic carbocycles. The second kappa shape index (κ2) is 8.64. The molecule has 1 saturated heterocycles. The van der Waals surface area contributed by atoms with E-state index >= 15 is 0 Å². The van der Waals surface area contributed by atoms with Crippen molar-refractivity contribution in [3.63, 3.8) is 0 Å². The van der Waals surface area contributed by atoms with Gasteiger partial charge in [-0.25, -0.2) is 9.59 Å². The minimum atomic E-state index is -0.680. The van der Waals surface area contributed by atoms with Crippen LogP contribution in [0.1, 0.15) is 36.5 Å². The summed E-state index contributed by atoms with van der Waals surface area (Å²) >= 11 is 0. The molecule has 0 saturated carbocycles. The molecule has 1 heterocycles. The highest BCUT2D eigenvalue weighted by molar-refractivity contribution is 5.89. The van der Waals surface area contributed by atoms with E-state index in [0.29, 0.717) is 17.9 Å². The van der Waals surface area contributed by atoms with Crippen molar-refractivity contribution in [3.8, 4) is 5.75 Å². The molecule has 23 heavy (non-hydrogen) atoms. The number of hydrogen-bond donors (Lipinski definition) is 0. The summed E-state index contributed by atoms with van der Waals surface area (Å²) in [4.78, 5) is 23.3. The summed E-state index contributed by atoms with van der Waals surface area (Å²) < 4.78 is 20.9. The van der Waals surface area contributed by atoms with Gasteiger partial charge in [-0.15, -0.1) is 0 Å². The van der Waals surface area contributed by atoms with Crippen molar-refractivity contribution < 1.29 is 28.5 Å². The third kappa shape index (κ3) is 5.33. The Morgan fingerprint density at radius 1 is 1.26 bits per heavy atom. The zero-order valence-corrected chi connectivity index (χ0v) is 13.4. The smallest absolute Gasteiger partial charge is 0.340 e. The second-order valence-electron chi connectivity index (χ2n) is 5.40. The molecule has 0 amide bonds. The largest absolute Gasteiger partial charge is 0.465 e. The molecule has 0 radical (unpaired) electrons. The van der Waals surface area contributed by atoms with Crippen molar-refractivity contribution in [1.82, 2.24) is 0 Å². The van der Waals surface area contributed by atoms with E-state index < -0.39 is 18.0 Å². The highest BCUT2D eigenvalue weighted by Crippen LogP contribution is 2.16. The Morgan fingerprint density at radius 3 is 2.61 bits per heavy atom. The molecule has 1 aliphatic heterocycles. The van der Waals surface area contributed by atoms with E-state index in [1.54, 1.807) is 19.1 Å². The predicted molar refractivity (Wildman–Crippen MR) is 82.4 cm³/mol. The molecule has 0 bridgehead atoms. The van der Waals surface area contributed by atoms with Crippen molar-refractivity contribution in [2.24, 2.45) is 0 Å². The van der Waals surface area contributed by atoms with Crippen LogP contribution in [0.5, 0.6) is 5.75 Å². The highest BCUT2D eigenvalue weighted by Gasteiger charge is 2.20. The van der Waals surface area contributed by atoms with Crippen molar-refractivity contribution >= 4 is 11.9 Å². The molecule has 1 aromatic carbocycles. The van der Waals surface area contributed by atoms with E-state index in [4.69, 9.17) is 14.2 Å². The zero-order valence-electron chi connectivity index (χ0n) is 13.4. The molecule has 0 aromatic heterocycles. The number of methoxy groups -OCH3 is 1. The predicted octanol–water partition coefficient (Wildman–Crippen LogP) is 2.35. The van der Waals surface area contributed by atoms with Gasteiger partial charge in [-0.1, -0.05) is 0 Å². The van der Waals surface area contributed by atoms with Crippen molar-refractivity contribution in [3.05, 3.63) is 29.8 Å². The fourth-order valence-electron chi connectivity index (χ4n) is 2.23. The van der Waals surface area contributed by atoms with E-state index in [2.05, 4.69) is 4.74 Å². The number of esters is 2. The zero-order chi connectivity index (χ0) is 16.7. The van der Waals surface area contributed by atoms with E-state index in [9.17, 15) is 9.59 Å². The molecule has 2 atom stereocenters. The first-order chi connectivity index (χ1) is 11.1. The molecular weight excluding hydrogens is 300 g/mol. The van der Waals surface area contributed by atoms with Gasteiger partial charge >= 0.3 is 11.9 Å². The molecule has 6 nitrogen and oxygen atoms in total. The molecule has 1 fully saturated rings. The number of carbonyl (C=O) groups is 2. The molecule has 126 valence electrons. The van der Waals surface area contributed by atoms with Gasteiger partial charge in [0.2, 0.25) is 0 Å². The lowest BCUT2D eigenvalue weighted by atomic mass is 10.1. The Bertz CT molecular complexity index is 518. The highest BCUT2D eigenvalue weighted by atomic mass is 16.6. The number of rotatable bonds is 6. The molecule has 2 rings (SSSR count). The molecule has 0 spiro atoms. The second-order valence-corrected chi connectivity index (χ2v) is 5.40. The Hall–Kier alpha value is -1.92. The number of hydrogen-bond acceptors (Lipinski definition) is 6. The number of ether oxygens (including phenoxy) is 4. The van der Waals surface area contributed by atoms with Gasteiger partial charge in [0.1, 0.15) is 5.75 Å². The van der Waals surface area contributed by atoms with E-state index in [0.717, 1.165) is 25.9 Å². The molecule has 1 aromatic rings. The van der Waals surface area contributed by atoms with Gasteiger partial charge in [0, 0.05) is 6.61 Å². The van der Waals surface area contributed by atoms with E-state index in [1.807, 2.05) is 0 Å². The van der Waals surface area contributed by atoms with Gasteiger partial charge in [0.05, 0.1) is 25.4 Å². The van der Waals surface area contributed by atoms with Gasteiger partial charge in [-0.3, -0.25) is 0 Å². The average Bonchev–Trinajstić information content (AvgIpc) is 2.60. The lowest BCUT2D eigenvalue weighted by Crippen LogP contribution is -2.31. The maximum atomic E-state index is 12.0. The first-order valence-electron chi connectivity index (χ1n) is 7.73. The Kier molecular flexibility index (Phi) is 6.55. The van der Waals surface area contributed by atoms with Crippen LogP contribution in [0.3, 0.4) is 0 Å². The fraction of sp³-hybridized carbons (Fsp3) is 0.529. The van der Waals surface area contributed by atoms with E-state index in [-0.39, 0.29) is 6.10 Å². The van der Waals surface area contributed by atoms with Gasteiger partial charge < -0.3 is 18.9 Å². The summed E-state index contributed by atoms with van der Waals surface area (Å²) in [5.74, 6) is -0.564. The van der Waals surface area contributed by atoms with Crippen LogP contribution in [-0.4, -0.2) is 44.5 Å². The van der Waals surface area contributed by atoms with E-state index in [1.165, 1.54) is 19.2 Å². The molecular formula is C17H22O6. The minimum absolute atomic E-state index is 0.0540. The third-order valence-electron chi connectivity index (χ3n) is 3.63. The fourth-order valence-corrected chi connectivity index (χ4v) is 2.23. The Morgan fingerprint density at radius 2 is 2.00 bits per heavy atom. The van der Waals surface area contributed by atoms with Gasteiger partial charge in [-0.2, -0.15) is 0 Å². The van der Waals surface area contributed by atoms with Gasteiger partial charge in [0.15, 0.2) is 6.10 Å². The number of carbonyl (C=O) groups excluding carboxylic acids is 2. The van der Waals surface area contributed by atoms with Crippen molar-refractivity contribution in [2.45, 2.75) is 38.4 Å². The van der Waals surface area contributed by atoms with Crippen LogP contribution in [0, 0.1) is 0 Å².